The zero-order valence-corrected chi connectivity index (χ0v) is 8.01. The zero-order valence-electron chi connectivity index (χ0n) is 8.01. The van der Waals surface area contributed by atoms with Crippen molar-refractivity contribution in [3.8, 4) is 12.3 Å². The summed E-state index contributed by atoms with van der Waals surface area (Å²) in [6.07, 6.45) is 6.48. The summed E-state index contributed by atoms with van der Waals surface area (Å²) >= 11 is 0. The molecule has 2 unspecified atom stereocenters. The molecular weight excluding hydrogens is 148 g/mol. The summed E-state index contributed by atoms with van der Waals surface area (Å²) in [6.45, 7) is 7.39. The van der Waals surface area contributed by atoms with Crippen LogP contribution in [0.5, 0.6) is 0 Å². The van der Waals surface area contributed by atoms with Crippen LogP contribution in [0.2, 0.25) is 0 Å². The van der Waals surface area contributed by atoms with Crippen LogP contribution in [0.3, 0.4) is 0 Å². The molecule has 1 fully saturated rings. The van der Waals surface area contributed by atoms with Gasteiger partial charge in [-0.1, -0.05) is 12.8 Å². The van der Waals surface area contributed by atoms with Gasteiger partial charge in [0.25, 0.3) is 0 Å². The Morgan fingerprint density at radius 2 is 2.42 bits per heavy atom. The molecule has 1 saturated heterocycles. The summed E-state index contributed by atoms with van der Waals surface area (Å²) in [5, 5.41) is 3.50. The largest absolute Gasteiger partial charge is 0.311 e. The van der Waals surface area contributed by atoms with Gasteiger partial charge in [0.2, 0.25) is 0 Å². The number of terminal acetylenes is 1. The Bertz CT molecular complexity index is 171. The molecule has 2 nitrogen and oxygen atoms in total. The number of piperazine rings is 1. The molecule has 0 saturated carbocycles. The third kappa shape index (κ3) is 2.23. The van der Waals surface area contributed by atoms with Crippen molar-refractivity contribution in [2.45, 2.75) is 32.4 Å². The maximum absolute atomic E-state index is 5.30. The topological polar surface area (TPSA) is 15.3 Å². The van der Waals surface area contributed by atoms with E-state index >= 15 is 0 Å². The monoisotopic (exact) mass is 166 g/mol. The summed E-state index contributed by atoms with van der Waals surface area (Å²) in [7, 11) is 0. The quantitative estimate of drug-likeness (QED) is 0.607. The molecule has 12 heavy (non-hydrogen) atoms. The Morgan fingerprint density at radius 3 is 3.00 bits per heavy atom. The minimum absolute atomic E-state index is 0.587. The summed E-state index contributed by atoms with van der Waals surface area (Å²) in [5.74, 6) is 2.71. The lowest BCUT2D eigenvalue weighted by Crippen LogP contribution is -2.55. The first-order chi connectivity index (χ1) is 5.77. The van der Waals surface area contributed by atoms with E-state index in [0.29, 0.717) is 12.1 Å². The van der Waals surface area contributed by atoms with Crippen LogP contribution in [0.4, 0.5) is 0 Å². The lowest BCUT2D eigenvalue weighted by Gasteiger charge is -2.37. The van der Waals surface area contributed by atoms with Gasteiger partial charge in [-0.15, -0.1) is 6.42 Å². The average molecular weight is 166 g/mol. The van der Waals surface area contributed by atoms with E-state index in [9.17, 15) is 0 Å². The van der Waals surface area contributed by atoms with E-state index in [2.05, 4.69) is 30.0 Å². The molecule has 68 valence electrons. The highest BCUT2D eigenvalue weighted by atomic mass is 15.2. The molecular formula is C10H18N2. The molecule has 1 aliphatic heterocycles. The van der Waals surface area contributed by atoms with Crippen molar-refractivity contribution in [3.63, 3.8) is 0 Å². The van der Waals surface area contributed by atoms with Gasteiger partial charge in [0, 0.05) is 25.2 Å². The van der Waals surface area contributed by atoms with Crippen LogP contribution in [0.1, 0.15) is 20.3 Å². The molecule has 0 aromatic carbocycles. The van der Waals surface area contributed by atoms with Crippen LogP contribution in [0.25, 0.3) is 0 Å². The summed E-state index contributed by atoms with van der Waals surface area (Å²) in [5.41, 5.74) is 0. The van der Waals surface area contributed by atoms with Crippen LogP contribution in [-0.4, -0.2) is 36.6 Å². The van der Waals surface area contributed by atoms with Crippen LogP contribution in [-0.2, 0) is 0 Å². The second kappa shape index (κ2) is 4.49. The van der Waals surface area contributed by atoms with Gasteiger partial charge in [-0.05, 0) is 13.3 Å². The van der Waals surface area contributed by atoms with Gasteiger partial charge < -0.3 is 5.32 Å². The average Bonchev–Trinajstić information content (AvgIpc) is 2.09. The number of hydrogen-bond donors (Lipinski definition) is 1. The fourth-order valence-electron chi connectivity index (χ4n) is 1.60. The molecule has 0 aromatic heterocycles. The number of hydrogen-bond acceptors (Lipinski definition) is 2. The highest BCUT2D eigenvalue weighted by Gasteiger charge is 2.22. The second-order valence-electron chi connectivity index (χ2n) is 3.50. The van der Waals surface area contributed by atoms with Gasteiger partial charge in [-0.3, -0.25) is 4.90 Å². The van der Waals surface area contributed by atoms with E-state index in [4.69, 9.17) is 6.42 Å². The number of nitrogens with one attached hydrogen (secondary N) is 1. The van der Waals surface area contributed by atoms with Crippen molar-refractivity contribution < 1.29 is 0 Å². The highest BCUT2D eigenvalue weighted by Crippen LogP contribution is 2.07. The van der Waals surface area contributed by atoms with Crippen LogP contribution in [0, 0.1) is 12.3 Å². The first-order valence-corrected chi connectivity index (χ1v) is 4.68. The first kappa shape index (κ1) is 9.57. The summed E-state index contributed by atoms with van der Waals surface area (Å²) in [6, 6.07) is 1.22. The fourth-order valence-corrected chi connectivity index (χ4v) is 1.60. The lowest BCUT2D eigenvalue weighted by molar-refractivity contribution is 0.157. The van der Waals surface area contributed by atoms with Gasteiger partial charge in [0.1, 0.15) is 0 Å². The van der Waals surface area contributed by atoms with E-state index in [1.807, 2.05) is 0 Å². The first-order valence-electron chi connectivity index (χ1n) is 4.68. The van der Waals surface area contributed by atoms with Crippen LogP contribution < -0.4 is 5.32 Å². The Morgan fingerprint density at radius 1 is 1.67 bits per heavy atom. The fraction of sp³-hybridized carbons (Fsp3) is 0.800. The molecule has 0 amide bonds. The Kier molecular flexibility index (Phi) is 3.58. The Labute approximate surface area is 75.3 Å². The molecule has 0 aromatic rings. The van der Waals surface area contributed by atoms with E-state index < -0.39 is 0 Å². The van der Waals surface area contributed by atoms with Gasteiger partial charge in [-0.2, -0.15) is 0 Å². The van der Waals surface area contributed by atoms with E-state index in [1.165, 1.54) is 6.42 Å². The zero-order chi connectivity index (χ0) is 8.97. The van der Waals surface area contributed by atoms with Crippen LogP contribution >= 0.6 is 0 Å². The van der Waals surface area contributed by atoms with Gasteiger partial charge in [0.05, 0.1) is 6.54 Å². The van der Waals surface area contributed by atoms with Crippen molar-refractivity contribution in [2.24, 2.45) is 0 Å². The molecule has 1 aliphatic rings. The molecule has 2 heteroatoms. The predicted octanol–water partition coefficient (Wildman–Crippen LogP) is 0.692. The van der Waals surface area contributed by atoms with Crippen molar-refractivity contribution in [2.75, 3.05) is 19.6 Å². The van der Waals surface area contributed by atoms with Gasteiger partial charge in [-0.25, -0.2) is 0 Å². The summed E-state index contributed by atoms with van der Waals surface area (Å²) in [4.78, 5) is 2.37. The normalized spacial score (nSPS) is 31.4. The minimum atomic E-state index is 0.587. The van der Waals surface area contributed by atoms with Crippen LogP contribution in [0.15, 0.2) is 0 Å². The Hall–Kier alpha value is -0.520. The van der Waals surface area contributed by atoms with E-state index in [1.54, 1.807) is 0 Å². The highest BCUT2D eigenvalue weighted by molar-refractivity contribution is 4.93. The van der Waals surface area contributed by atoms with Crippen molar-refractivity contribution in [1.29, 1.82) is 0 Å². The molecule has 1 heterocycles. The molecule has 0 spiro atoms. The maximum atomic E-state index is 5.30. The predicted molar refractivity (Wildman–Crippen MR) is 51.9 cm³/mol. The molecule has 0 aliphatic carbocycles. The third-order valence-corrected chi connectivity index (χ3v) is 2.57. The standard InChI is InChI=1S/C10H18N2/c1-4-6-12-8-10(5-2)11-7-9(12)3/h1,9-11H,5-8H2,2-3H3. The summed E-state index contributed by atoms with van der Waals surface area (Å²) < 4.78 is 0. The lowest BCUT2D eigenvalue weighted by atomic mass is 10.1. The van der Waals surface area contributed by atoms with Gasteiger partial charge in [0.15, 0.2) is 0 Å². The molecule has 1 rings (SSSR count). The Balaban J connectivity index is 2.42. The minimum Gasteiger partial charge on any atom is -0.311 e. The SMILES string of the molecule is C#CCN1CC(CC)NCC1C. The molecule has 0 radical (unpaired) electrons. The van der Waals surface area contributed by atoms with Crippen molar-refractivity contribution in [1.82, 2.24) is 10.2 Å². The molecule has 1 N–H and O–H groups in total. The van der Waals surface area contributed by atoms with Crippen molar-refractivity contribution in [3.05, 3.63) is 0 Å². The van der Waals surface area contributed by atoms with Gasteiger partial charge >= 0.3 is 0 Å². The molecule has 0 bridgehead atoms. The second-order valence-corrected chi connectivity index (χ2v) is 3.50. The number of rotatable bonds is 2. The van der Waals surface area contributed by atoms with E-state index in [0.717, 1.165) is 19.6 Å². The van der Waals surface area contributed by atoms with E-state index in [-0.39, 0.29) is 0 Å². The molecule has 2 atom stereocenters. The number of nitrogens with zero attached hydrogens (tertiary/aromatic N) is 1. The van der Waals surface area contributed by atoms with Crippen molar-refractivity contribution >= 4 is 0 Å². The third-order valence-electron chi connectivity index (χ3n) is 2.57. The maximum Gasteiger partial charge on any atom is 0.0602 e. The smallest absolute Gasteiger partial charge is 0.0602 e.